The summed E-state index contributed by atoms with van der Waals surface area (Å²) in [6.07, 6.45) is 1.02. The molecular weight excluding hydrogens is 348 g/mol. The van der Waals surface area contributed by atoms with E-state index in [2.05, 4.69) is 35.8 Å². The average molecular weight is 372 g/mol. The number of hydrogen-bond donors (Lipinski definition) is 0. The zero-order chi connectivity index (χ0) is 19.3. The van der Waals surface area contributed by atoms with Crippen LogP contribution in [0.5, 0.6) is 11.5 Å². The van der Waals surface area contributed by atoms with Crippen LogP contribution in [0.1, 0.15) is 23.9 Å². The van der Waals surface area contributed by atoms with E-state index in [0.29, 0.717) is 13.2 Å². The van der Waals surface area contributed by atoms with Crippen molar-refractivity contribution in [3.8, 4) is 11.5 Å². The molecule has 0 atom stereocenters. The first-order chi connectivity index (χ1) is 13.8. The summed E-state index contributed by atoms with van der Waals surface area (Å²) in [5, 5.41) is 0. The number of fused-ring (bicyclic) bond motifs is 1. The maximum atomic E-state index is 6.04. The molecule has 0 aliphatic rings. The van der Waals surface area contributed by atoms with E-state index in [1.807, 2.05) is 48.5 Å². The summed E-state index contributed by atoms with van der Waals surface area (Å²) in [5.74, 6) is 2.63. The Morgan fingerprint density at radius 3 is 2.43 bits per heavy atom. The van der Waals surface area contributed by atoms with Gasteiger partial charge in [-0.15, -0.1) is 0 Å². The molecule has 1 aromatic heterocycles. The van der Waals surface area contributed by atoms with Crippen molar-refractivity contribution < 1.29 is 9.47 Å². The minimum atomic E-state index is 0.412. The van der Waals surface area contributed by atoms with E-state index in [1.54, 1.807) is 7.11 Å². The average Bonchev–Trinajstić information content (AvgIpc) is 3.10. The van der Waals surface area contributed by atoms with Crippen LogP contribution < -0.4 is 9.47 Å². The quantitative estimate of drug-likeness (QED) is 0.445. The molecule has 4 nitrogen and oxygen atoms in total. The highest BCUT2D eigenvalue weighted by Gasteiger charge is 2.13. The third-order valence-corrected chi connectivity index (χ3v) is 4.95. The Morgan fingerprint density at radius 1 is 0.893 bits per heavy atom. The number of imidazole rings is 1. The highest BCUT2D eigenvalue weighted by molar-refractivity contribution is 5.76. The number of aryl methyl sites for hydroxylation is 1. The standard InChI is InChI=1S/C24H24N2O2/c1-3-18-12-14-20(15-13-18)28-17-24-25-21-9-5-6-10-22(21)26(24)16-19-8-4-7-11-23(19)27-2/h4-15H,3,16-17H2,1-2H3. The van der Waals surface area contributed by atoms with E-state index < -0.39 is 0 Å². The van der Waals surface area contributed by atoms with E-state index >= 15 is 0 Å². The Kier molecular flexibility index (Phi) is 5.29. The number of nitrogens with zero attached hydrogens (tertiary/aromatic N) is 2. The normalized spacial score (nSPS) is 10.9. The van der Waals surface area contributed by atoms with Crippen molar-refractivity contribution in [3.05, 3.63) is 89.7 Å². The molecule has 0 aliphatic heterocycles. The number of ether oxygens (including phenoxy) is 2. The van der Waals surface area contributed by atoms with E-state index in [9.17, 15) is 0 Å². The van der Waals surface area contributed by atoms with Crippen molar-refractivity contribution in [2.75, 3.05) is 7.11 Å². The Balaban J connectivity index is 1.64. The molecule has 28 heavy (non-hydrogen) atoms. The first-order valence-electron chi connectivity index (χ1n) is 9.56. The molecule has 0 saturated carbocycles. The summed E-state index contributed by atoms with van der Waals surface area (Å²) in [5.41, 5.74) is 4.48. The summed E-state index contributed by atoms with van der Waals surface area (Å²) in [6.45, 7) is 3.24. The molecule has 142 valence electrons. The Morgan fingerprint density at radius 2 is 1.64 bits per heavy atom. The first-order valence-corrected chi connectivity index (χ1v) is 9.56. The van der Waals surface area contributed by atoms with Gasteiger partial charge in [-0.3, -0.25) is 0 Å². The minimum Gasteiger partial charge on any atom is -0.496 e. The van der Waals surface area contributed by atoms with Crippen LogP contribution in [0.3, 0.4) is 0 Å². The van der Waals surface area contributed by atoms with Gasteiger partial charge in [-0.05, 0) is 42.3 Å². The number of methoxy groups -OCH3 is 1. The van der Waals surface area contributed by atoms with E-state index in [0.717, 1.165) is 40.3 Å². The molecule has 0 fully saturated rings. The lowest BCUT2D eigenvalue weighted by Gasteiger charge is -2.13. The van der Waals surface area contributed by atoms with Gasteiger partial charge in [0, 0.05) is 5.56 Å². The predicted molar refractivity (Wildman–Crippen MR) is 112 cm³/mol. The van der Waals surface area contributed by atoms with Crippen LogP contribution in [0.15, 0.2) is 72.8 Å². The maximum Gasteiger partial charge on any atom is 0.148 e. The van der Waals surface area contributed by atoms with Crippen LogP contribution in [-0.2, 0) is 19.6 Å². The van der Waals surface area contributed by atoms with Gasteiger partial charge >= 0.3 is 0 Å². The van der Waals surface area contributed by atoms with Crippen LogP contribution in [0.25, 0.3) is 11.0 Å². The van der Waals surface area contributed by atoms with Gasteiger partial charge in [0.05, 0.1) is 24.7 Å². The number of hydrogen-bond acceptors (Lipinski definition) is 3. The van der Waals surface area contributed by atoms with Gasteiger partial charge in [0.15, 0.2) is 0 Å². The summed E-state index contributed by atoms with van der Waals surface area (Å²) in [6, 6.07) is 24.5. The Hall–Kier alpha value is -3.27. The molecule has 4 rings (SSSR count). The van der Waals surface area contributed by atoms with Gasteiger partial charge in [0.2, 0.25) is 0 Å². The lowest BCUT2D eigenvalue weighted by atomic mass is 10.2. The fourth-order valence-electron chi connectivity index (χ4n) is 3.39. The summed E-state index contributed by atoms with van der Waals surface area (Å²) in [7, 11) is 1.70. The van der Waals surface area contributed by atoms with Crippen LogP contribution in [0.2, 0.25) is 0 Å². The molecule has 3 aromatic carbocycles. The van der Waals surface area contributed by atoms with Crippen molar-refractivity contribution >= 4 is 11.0 Å². The summed E-state index contributed by atoms with van der Waals surface area (Å²) < 4.78 is 13.8. The SMILES string of the molecule is CCc1ccc(OCc2nc3ccccc3n2Cc2ccccc2OC)cc1. The molecule has 0 spiro atoms. The molecule has 0 unspecified atom stereocenters. The molecule has 1 heterocycles. The molecule has 0 aliphatic carbocycles. The van der Waals surface area contributed by atoms with Crippen LogP contribution >= 0.6 is 0 Å². The van der Waals surface area contributed by atoms with Crippen molar-refractivity contribution in [2.45, 2.75) is 26.5 Å². The second kappa shape index (κ2) is 8.17. The molecular formula is C24H24N2O2. The number of para-hydroxylation sites is 3. The lowest BCUT2D eigenvalue weighted by molar-refractivity contribution is 0.291. The maximum absolute atomic E-state index is 6.04. The van der Waals surface area contributed by atoms with Crippen LogP contribution in [0, 0.1) is 0 Å². The number of benzene rings is 3. The fraction of sp³-hybridized carbons (Fsp3) is 0.208. The molecule has 0 bridgehead atoms. The summed E-state index contributed by atoms with van der Waals surface area (Å²) in [4.78, 5) is 4.81. The number of aromatic nitrogens is 2. The zero-order valence-corrected chi connectivity index (χ0v) is 16.3. The zero-order valence-electron chi connectivity index (χ0n) is 16.3. The van der Waals surface area contributed by atoms with E-state index in [1.165, 1.54) is 5.56 Å². The first kappa shape index (κ1) is 18.1. The molecule has 0 N–H and O–H groups in total. The second-order valence-electron chi connectivity index (χ2n) is 6.70. The predicted octanol–water partition coefficient (Wildman–Crippen LogP) is 5.23. The van der Waals surface area contributed by atoms with Gasteiger partial charge in [-0.25, -0.2) is 4.98 Å². The van der Waals surface area contributed by atoms with Gasteiger partial charge in [-0.2, -0.15) is 0 Å². The van der Waals surface area contributed by atoms with Crippen molar-refractivity contribution in [1.29, 1.82) is 0 Å². The highest BCUT2D eigenvalue weighted by atomic mass is 16.5. The Bertz CT molecular complexity index is 1070. The lowest BCUT2D eigenvalue weighted by Crippen LogP contribution is -2.09. The monoisotopic (exact) mass is 372 g/mol. The van der Waals surface area contributed by atoms with Crippen molar-refractivity contribution in [3.63, 3.8) is 0 Å². The van der Waals surface area contributed by atoms with Gasteiger partial charge in [-0.1, -0.05) is 49.4 Å². The summed E-state index contributed by atoms with van der Waals surface area (Å²) >= 11 is 0. The minimum absolute atomic E-state index is 0.412. The molecule has 0 saturated heterocycles. The second-order valence-corrected chi connectivity index (χ2v) is 6.70. The van der Waals surface area contributed by atoms with Crippen molar-refractivity contribution in [2.24, 2.45) is 0 Å². The van der Waals surface area contributed by atoms with Crippen LogP contribution in [-0.4, -0.2) is 16.7 Å². The topological polar surface area (TPSA) is 36.3 Å². The fourth-order valence-corrected chi connectivity index (χ4v) is 3.39. The van der Waals surface area contributed by atoms with Crippen LogP contribution in [0.4, 0.5) is 0 Å². The molecule has 4 aromatic rings. The third-order valence-electron chi connectivity index (χ3n) is 4.95. The Labute approximate surface area is 165 Å². The molecule has 0 amide bonds. The van der Waals surface area contributed by atoms with Gasteiger partial charge in [0.1, 0.15) is 23.9 Å². The molecule has 4 heteroatoms. The molecule has 0 radical (unpaired) electrons. The smallest absolute Gasteiger partial charge is 0.148 e. The van der Waals surface area contributed by atoms with Gasteiger partial charge in [0.25, 0.3) is 0 Å². The van der Waals surface area contributed by atoms with Gasteiger partial charge < -0.3 is 14.0 Å². The van der Waals surface area contributed by atoms with E-state index in [4.69, 9.17) is 14.5 Å². The van der Waals surface area contributed by atoms with Crippen molar-refractivity contribution in [1.82, 2.24) is 9.55 Å². The number of rotatable bonds is 7. The van der Waals surface area contributed by atoms with E-state index in [-0.39, 0.29) is 0 Å². The largest absolute Gasteiger partial charge is 0.496 e. The highest BCUT2D eigenvalue weighted by Crippen LogP contribution is 2.24. The third kappa shape index (κ3) is 3.72.